The Bertz CT molecular complexity index is 189. The van der Waals surface area contributed by atoms with E-state index in [1.807, 2.05) is 7.05 Å². The molecule has 1 aromatic heterocycles. The molecule has 1 heterocycles. The summed E-state index contributed by atoms with van der Waals surface area (Å²) in [5, 5.41) is 7.26. The molecule has 0 aliphatic carbocycles. The quantitative estimate of drug-likeness (QED) is 0.700. The highest BCUT2D eigenvalue weighted by molar-refractivity contribution is 7.08. The van der Waals surface area contributed by atoms with Crippen LogP contribution in [0.2, 0.25) is 0 Å². The van der Waals surface area contributed by atoms with Crippen LogP contribution in [0.25, 0.3) is 6.08 Å². The van der Waals surface area contributed by atoms with Crippen molar-refractivity contribution in [2.24, 2.45) is 0 Å². The zero-order valence-electron chi connectivity index (χ0n) is 6.00. The molecule has 0 spiro atoms. The molecule has 0 aliphatic heterocycles. The predicted molar refractivity (Wildman–Crippen MR) is 47.3 cm³/mol. The van der Waals surface area contributed by atoms with E-state index in [4.69, 9.17) is 0 Å². The third-order valence-electron chi connectivity index (χ3n) is 1.18. The smallest absolute Gasteiger partial charge is 0.0135 e. The molecular formula is C8H11NS. The summed E-state index contributed by atoms with van der Waals surface area (Å²) in [6.45, 7) is 0.940. The fourth-order valence-corrected chi connectivity index (χ4v) is 1.31. The summed E-state index contributed by atoms with van der Waals surface area (Å²) in [7, 11) is 1.94. The van der Waals surface area contributed by atoms with E-state index in [9.17, 15) is 0 Å². The predicted octanol–water partition coefficient (Wildman–Crippen LogP) is 1.98. The first-order chi connectivity index (χ1) is 4.93. The zero-order valence-corrected chi connectivity index (χ0v) is 6.82. The van der Waals surface area contributed by atoms with Crippen LogP contribution in [0.1, 0.15) is 5.56 Å². The monoisotopic (exact) mass is 153 g/mol. The molecule has 0 aliphatic rings. The molecule has 0 amide bonds. The van der Waals surface area contributed by atoms with Gasteiger partial charge in [-0.25, -0.2) is 0 Å². The van der Waals surface area contributed by atoms with E-state index >= 15 is 0 Å². The molecule has 0 unspecified atom stereocenters. The fraction of sp³-hybridized carbons (Fsp3) is 0.250. The van der Waals surface area contributed by atoms with E-state index < -0.39 is 0 Å². The van der Waals surface area contributed by atoms with Crippen molar-refractivity contribution >= 4 is 17.4 Å². The number of hydrogen-bond donors (Lipinski definition) is 1. The Morgan fingerprint density at radius 2 is 2.60 bits per heavy atom. The van der Waals surface area contributed by atoms with Crippen molar-refractivity contribution in [2.45, 2.75) is 0 Å². The number of likely N-dealkylation sites (N-methyl/N-ethyl adjacent to an activating group) is 1. The van der Waals surface area contributed by atoms with Gasteiger partial charge in [0.2, 0.25) is 0 Å². The molecule has 0 bridgehead atoms. The molecule has 1 rings (SSSR count). The SMILES string of the molecule is CNCC=Cc1ccsc1. The van der Waals surface area contributed by atoms with Crippen molar-refractivity contribution < 1.29 is 0 Å². The maximum Gasteiger partial charge on any atom is 0.0135 e. The highest BCUT2D eigenvalue weighted by Gasteiger charge is 1.82. The Hall–Kier alpha value is -0.600. The Kier molecular flexibility index (Phi) is 3.19. The van der Waals surface area contributed by atoms with Gasteiger partial charge in [-0.05, 0) is 29.4 Å². The first-order valence-electron chi connectivity index (χ1n) is 3.27. The largest absolute Gasteiger partial charge is 0.316 e. The van der Waals surface area contributed by atoms with Crippen molar-refractivity contribution in [2.75, 3.05) is 13.6 Å². The van der Waals surface area contributed by atoms with Crippen LogP contribution in [0.4, 0.5) is 0 Å². The third-order valence-corrected chi connectivity index (χ3v) is 1.88. The van der Waals surface area contributed by atoms with E-state index in [0.717, 1.165) is 6.54 Å². The number of nitrogens with one attached hydrogen (secondary N) is 1. The topological polar surface area (TPSA) is 12.0 Å². The summed E-state index contributed by atoms with van der Waals surface area (Å²) in [5.41, 5.74) is 1.29. The molecule has 0 fully saturated rings. The molecule has 0 atom stereocenters. The summed E-state index contributed by atoms with van der Waals surface area (Å²) < 4.78 is 0. The van der Waals surface area contributed by atoms with Crippen LogP contribution >= 0.6 is 11.3 Å². The van der Waals surface area contributed by atoms with Crippen molar-refractivity contribution in [3.63, 3.8) is 0 Å². The van der Waals surface area contributed by atoms with Gasteiger partial charge in [-0.2, -0.15) is 11.3 Å². The average molecular weight is 153 g/mol. The Morgan fingerprint density at radius 3 is 3.20 bits per heavy atom. The lowest BCUT2D eigenvalue weighted by Gasteiger charge is -1.86. The lowest BCUT2D eigenvalue weighted by Crippen LogP contribution is -2.03. The Labute approximate surface area is 65.4 Å². The van der Waals surface area contributed by atoms with E-state index in [1.54, 1.807) is 11.3 Å². The van der Waals surface area contributed by atoms with E-state index in [0.29, 0.717) is 0 Å². The summed E-state index contributed by atoms with van der Waals surface area (Å²) >= 11 is 1.73. The van der Waals surface area contributed by atoms with Gasteiger partial charge >= 0.3 is 0 Å². The van der Waals surface area contributed by atoms with Crippen LogP contribution in [0.15, 0.2) is 22.9 Å². The Morgan fingerprint density at radius 1 is 1.70 bits per heavy atom. The molecule has 0 aromatic carbocycles. The first-order valence-corrected chi connectivity index (χ1v) is 4.21. The standard InChI is InChI=1S/C8H11NS/c1-9-5-2-3-8-4-6-10-7-8/h2-4,6-7,9H,5H2,1H3. The van der Waals surface area contributed by atoms with Gasteiger partial charge in [-0.15, -0.1) is 0 Å². The van der Waals surface area contributed by atoms with Gasteiger partial charge in [0.1, 0.15) is 0 Å². The first kappa shape index (κ1) is 7.51. The summed E-state index contributed by atoms with van der Waals surface area (Å²) in [6, 6.07) is 2.11. The highest BCUT2D eigenvalue weighted by atomic mass is 32.1. The van der Waals surface area contributed by atoms with Crippen molar-refractivity contribution in [3.05, 3.63) is 28.5 Å². The summed E-state index contributed by atoms with van der Waals surface area (Å²) in [6.07, 6.45) is 4.23. The van der Waals surface area contributed by atoms with Gasteiger partial charge in [-0.1, -0.05) is 12.2 Å². The van der Waals surface area contributed by atoms with Gasteiger partial charge in [-0.3, -0.25) is 0 Å². The normalized spacial score (nSPS) is 10.9. The molecule has 0 saturated carbocycles. The maximum atomic E-state index is 3.05. The summed E-state index contributed by atoms with van der Waals surface area (Å²) in [4.78, 5) is 0. The van der Waals surface area contributed by atoms with Crippen LogP contribution < -0.4 is 5.32 Å². The van der Waals surface area contributed by atoms with Gasteiger partial charge in [0.25, 0.3) is 0 Å². The van der Waals surface area contributed by atoms with Crippen molar-refractivity contribution in [1.29, 1.82) is 0 Å². The minimum Gasteiger partial charge on any atom is -0.316 e. The minimum absolute atomic E-state index is 0.940. The molecule has 1 nitrogen and oxygen atoms in total. The Balaban J connectivity index is 2.40. The van der Waals surface area contributed by atoms with Crippen molar-refractivity contribution in [3.8, 4) is 0 Å². The second-order valence-electron chi connectivity index (χ2n) is 2.02. The fourth-order valence-electron chi connectivity index (χ4n) is 0.683. The van der Waals surface area contributed by atoms with E-state index in [-0.39, 0.29) is 0 Å². The van der Waals surface area contributed by atoms with Gasteiger partial charge in [0.15, 0.2) is 0 Å². The molecule has 2 heteroatoms. The van der Waals surface area contributed by atoms with Crippen LogP contribution in [0.3, 0.4) is 0 Å². The highest BCUT2D eigenvalue weighted by Crippen LogP contribution is 2.06. The lowest BCUT2D eigenvalue weighted by atomic mass is 10.3. The molecule has 0 saturated heterocycles. The average Bonchev–Trinajstić information content (AvgIpc) is 2.41. The van der Waals surface area contributed by atoms with E-state index in [2.05, 4.69) is 34.3 Å². The maximum absolute atomic E-state index is 3.05. The van der Waals surface area contributed by atoms with Crippen LogP contribution in [-0.2, 0) is 0 Å². The van der Waals surface area contributed by atoms with Gasteiger partial charge < -0.3 is 5.32 Å². The van der Waals surface area contributed by atoms with Crippen LogP contribution in [0.5, 0.6) is 0 Å². The summed E-state index contributed by atoms with van der Waals surface area (Å²) in [5.74, 6) is 0. The number of thiophene rings is 1. The molecule has 54 valence electrons. The number of rotatable bonds is 3. The molecule has 1 aromatic rings. The molecule has 0 radical (unpaired) electrons. The second-order valence-corrected chi connectivity index (χ2v) is 2.80. The van der Waals surface area contributed by atoms with Gasteiger partial charge in [0.05, 0.1) is 0 Å². The minimum atomic E-state index is 0.940. The number of hydrogen-bond acceptors (Lipinski definition) is 2. The van der Waals surface area contributed by atoms with Crippen LogP contribution in [-0.4, -0.2) is 13.6 Å². The third kappa shape index (κ3) is 2.33. The van der Waals surface area contributed by atoms with Gasteiger partial charge in [0, 0.05) is 6.54 Å². The van der Waals surface area contributed by atoms with E-state index in [1.165, 1.54) is 5.56 Å². The van der Waals surface area contributed by atoms with Crippen molar-refractivity contribution in [1.82, 2.24) is 5.32 Å². The van der Waals surface area contributed by atoms with Crippen LogP contribution in [0, 0.1) is 0 Å². The molecule has 10 heavy (non-hydrogen) atoms. The molecule has 1 N–H and O–H groups in total. The molecular weight excluding hydrogens is 142 g/mol. The zero-order chi connectivity index (χ0) is 7.23. The lowest BCUT2D eigenvalue weighted by molar-refractivity contribution is 0.922. The second kappa shape index (κ2) is 4.25.